The van der Waals surface area contributed by atoms with E-state index >= 15 is 0 Å². The Hall–Kier alpha value is -3.07. The van der Waals surface area contributed by atoms with E-state index in [2.05, 4.69) is 5.32 Å². The maximum Gasteiger partial charge on any atom is 0.259 e. The van der Waals surface area contributed by atoms with E-state index < -0.39 is 0 Å². The molecule has 0 spiro atoms. The minimum atomic E-state index is -0.192. The molecule has 23 heavy (non-hydrogen) atoms. The van der Waals surface area contributed by atoms with Crippen LogP contribution in [0.3, 0.4) is 0 Å². The van der Waals surface area contributed by atoms with Crippen molar-refractivity contribution in [2.24, 2.45) is 0 Å². The predicted octanol–water partition coefficient (Wildman–Crippen LogP) is 5.04. The highest BCUT2D eigenvalue weighted by Gasteiger charge is 2.13. The number of carbonyl (C=O) groups is 1. The maximum absolute atomic E-state index is 12.5. The summed E-state index contributed by atoms with van der Waals surface area (Å²) in [7, 11) is 0. The van der Waals surface area contributed by atoms with Gasteiger partial charge in [0.05, 0.1) is 5.56 Å². The summed E-state index contributed by atoms with van der Waals surface area (Å²) in [5.74, 6) is 1.04. The van der Waals surface area contributed by atoms with E-state index in [-0.39, 0.29) is 5.91 Å². The minimum absolute atomic E-state index is 0.192. The van der Waals surface area contributed by atoms with Crippen LogP contribution in [0.25, 0.3) is 0 Å². The summed E-state index contributed by atoms with van der Waals surface area (Å²) in [5.41, 5.74) is 2.36. The van der Waals surface area contributed by atoms with Crippen molar-refractivity contribution in [3.63, 3.8) is 0 Å². The van der Waals surface area contributed by atoms with Crippen LogP contribution < -0.4 is 10.1 Å². The first-order valence-electron chi connectivity index (χ1n) is 7.42. The van der Waals surface area contributed by atoms with Crippen LogP contribution in [0.2, 0.25) is 0 Å². The van der Waals surface area contributed by atoms with Gasteiger partial charge >= 0.3 is 0 Å². The molecule has 1 amide bonds. The smallest absolute Gasteiger partial charge is 0.259 e. The van der Waals surface area contributed by atoms with Crippen LogP contribution >= 0.6 is 0 Å². The van der Waals surface area contributed by atoms with Gasteiger partial charge in [-0.25, -0.2) is 0 Å². The fraction of sp³-hybridized carbons (Fsp3) is 0.0500. The summed E-state index contributed by atoms with van der Waals surface area (Å²) in [4.78, 5) is 12.5. The molecule has 0 bridgehead atoms. The minimum Gasteiger partial charge on any atom is -0.457 e. The Labute approximate surface area is 135 Å². The van der Waals surface area contributed by atoms with Gasteiger partial charge in [-0.2, -0.15) is 0 Å². The molecule has 0 unspecified atom stereocenters. The number of nitrogens with one attached hydrogen (secondary N) is 1. The molecule has 114 valence electrons. The van der Waals surface area contributed by atoms with E-state index in [1.54, 1.807) is 12.1 Å². The molecule has 0 heterocycles. The van der Waals surface area contributed by atoms with Crippen LogP contribution in [0.4, 0.5) is 5.69 Å². The Kier molecular flexibility index (Phi) is 4.39. The van der Waals surface area contributed by atoms with Gasteiger partial charge in [0.1, 0.15) is 11.5 Å². The summed E-state index contributed by atoms with van der Waals surface area (Å²) in [6.45, 7) is 1.99. The molecule has 1 N–H and O–H groups in total. The van der Waals surface area contributed by atoms with Crippen molar-refractivity contribution in [3.05, 3.63) is 90.0 Å². The lowest BCUT2D eigenvalue weighted by atomic mass is 10.1. The van der Waals surface area contributed by atoms with Crippen molar-refractivity contribution in [3.8, 4) is 11.5 Å². The van der Waals surface area contributed by atoms with Crippen molar-refractivity contribution >= 4 is 11.6 Å². The number of anilines is 1. The summed E-state index contributed by atoms with van der Waals surface area (Å²) >= 11 is 0. The third-order valence-corrected chi connectivity index (χ3v) is 3.38. The first-order chi connectivity index (χ1) is 11.2. The van der Waals surface area contributed by atoms with Gasteiger partial charge in [-0.05, 0) is 48.9 Å². The molecular weight excluding hydrogens is 286 g/mol. The number of hydrogen-bond acceptors (Lipinski definition) is 2. The molecule has 0 aliphatic carbocycles. The zero-order valence-electron chi connectivity index (χ0n) is 12.8. The molecule has 3 heteroatoms. The van der Waals surface area contributed by atoms with Crippen LogP contribution in [0, 0.1) is 6.92 Å². The molecule has 0 atom stereocenters. The van der Waals surface area contributed by atoms with Crippen molar-refractivity contribution < 1.29 is 9.53 Å². The Balaban J connectivity index is 1.83. The molecule has 3 aromatic rings. The van der Waals surface area contributed by atoms with E-state index in [0.717, 1.165) is 11.3 Å². The lowest BCUT2D eigenvalue weighted by Gasteiger charge is -2.11. The Bertz CT molecular complexity index is 813. The second-order valence-corrected chi connectivity index (χ2v) is 5.23. The van der Waals surface area contributed by atoms with E-state index in [1.807, 2.05) is 73.7 Å². The number of amides is 1. The number of aryl methyl sites for hydroxylation is 1. The zero-order chi connectivity index (χ0) is 16.1. The van der Waals surface area contributed by atoms with Crippen molar-refractivity contribution in [2.45, 2.75) is 6.92 Å². The summed E-state index contributed by atoms with van der Waals surface area (Å²) in [6, 6.07) is 24.3. The largest absolute Gasteiger partial charge is 0.457 e. The van der Waals surface area contributed by atoms with Gasteiger partial charge in [0.2, 0.25) is 0 Å². The van der Waals surface area contributed by atoms with Crippen molar-refractivity contribution in [1.29, 1.82) is 0 Å². The second kappa shape index (κ2) is 6.79. The molecule has 0 radical (unpaired) electrons. The number of hydrogen-bond donors (Lipinski definition) is 1. The molecule has 3 nitrogen and oxygen atoms in total. The molecule has 0 fully saturated rings. The summed E-state index contributed by atoms with van der Waals surface area (Å²) in [5, 5.41) is 2.91. The fourth-order valence-corrected chi connectivity index (χ4v) is 2.28. The van der Waals surface area contributed by atoms with Gasteiger partial charge in [0, 0.05) is 5.69 Å². The standard InChI is InChI=1S/C20H17NO2/c1-15-8-7-9-16(14-15)21-20(22)18-12-5-6-13-19(18)23-17-10-3-2-4-11-17/h2-14H,1H3,(H,21,22). The highest BCUT2D eigenvalue weighted by Crippen LogP contribution is 2.25. The first-order valence-corrected chi connectivity index (χ1v) is 7.42. The number of carbonyl (C=O) groups excluding carboxylic acids is 1. The Morgan fingerprint density at radius 3 is 2.39 bits per heavy atom. The number of rotatable bonds is 4. The Morgan fingerprint density at radius 2 is 1.61 bits per heavy atom. The van der Waals surface area contributed by atoms with Crippen molar-refractivity contribution in [1.82, 2.24) is 0 Å². The highest BCUT2D eigenvalue weighted by molar-refractivity contribution is 6.06. The molecular formula is C20H17NO2. The molecule has 0 saturated carbocycles. The first kappa shape index (κ1) is 14.9. The summed E-state index contributed by atoms with van der Waals surface area (Å²) < 4.78 is 5.83. The molecule has 0 saturated heterocycles. The molecule has 3 rings (SSSR count). The SMILES string of the molecule is Cc1cccc(NC(=O)c2ccccc2Oc2ccccc2)c1. The van der Waals surface area contributed by atoms with Gasteiger partial charge < -0.3 is 10.1 Å². The summed E-state index contributed by atoms with van der Waals surface area (Å²) in [6.07, 6.45) is 0. The third-order valence-electron chi connectivity index (χ3n) is 3.38. The zero-order valence-corrected chi connectivity index (χ0v) is 12.8. The normalized spacial score (nSPS) is 10.1. The molecule has 3 aromatic carbocycles. The van der Waals surface area contributed by atoms with Crippen LogP contribution in [0.1, 0.15) is 15.9 Å². The van der Waals surface area contributed by atoms with Crippen molar-refractivity contribution in [2.75, 3.05) is 5.32 Å². The lowest BCUT2D eigenvalue weighted by molar-refractivity contribution is 0.102. The van der Waals surface area contributed by atoms with Crippen LogP contribution in [-0.2, 0) is 0 Å². The van der Waals surface area contributed by atoms with Gasteiger partial charge in [-0.3, -0.25) is 4.79 Å². The predicted molar refractivity (Wildman–Crippen MR) is 92.1 cm³/mol. The van der Waals surface area contributed by atoms with Gasteiger partial charge in [-0.1, -0.05) is 42.5 Å². The number of para-hydroxylation sites is 2. The van der Waals surface area contributed by atoms with E-state index in [9.17, 15) is 4.79 Å². The second-order valence-electron chi connectivity index (χ2n) is 5.23. The van der Waals surface area contributed by atoms with E-state index in [4.69, 9.17) is 4.74 Å². The molecule has 0 aliphatic rings. The number of ether oxygens (including phenoxy) is 1. The van der Waals surface area contributed by atoms with Gasteiger partial charge in [0.25, 0.3) is 5.91 Å². The fourth-order valence-electron chi connectivity index (χ4n) is 2.28. The van der Waals surface area contributed by atoms with Crippen LogP contribution in [0.15, 0.2) is 78.9 Å². The lowest BCUT2D eigenvalue weighted by Crippen LogP contribution is -2.13. The number of benzene rings is 3. The average Bonchev–Trinajstić information content (AvgIpc) is 2.56. The molecule has 0 aliphatic heterocycles. The van der Waals surface area contributed by atoms with E-state index in [1.165, 1.54) is 0 Å². The monoisotopic (exact) mass is 303 g/mol. The van der Waals surface area contributed by atoms with Gasteiger partial charge in [-0.15, -0.1) is 0 Å². The van der Waals surface area contributed by atoms with Crippen LogP contribution in [-0.4, -0.2) is 5.91 Å². The average molecular weight is 303 g/mol. The maximum atomic E-state index is 12.5. The topological polar surface area (TPSA) is 38.3 Å². The quantitative estimate of drug-likeness (QED) is 0.733. The van der Waals surface area contributed by atoms with Crippen LogP contribution in [0.5, 0.6) is 11.5 Å². The molecule has 0 aromatic heterocycles. The van der Waals surface area contributed by atoms with Gasteiger partial charge in [0.15, 0.2) is 0 Å². The Morgan fingerprint density at radius 1 is 0.870 bits per heavy atom. The van der Waals surface area contributed by atoms with E-state index in [0.29, 0.717) is 17.1 Å². The third kappa shape index (κ3) is 3.77. The highest BCUT2D eigenvalue weighted by atomic mass is 16.5.